The Morgan fingerprint density at radius 3 is 2.76 bits per heavy atom. The maximum absolute atomic E-state index is 12.3. The maximum atomic E-state index is 12.3. The van der Waals surface area contributed by atoms with Gasteiger partial charge in [-0.2, -0.15) is 23.2 Å². The van der Waals surface area contributed by atoms with Gasteiger partial charge in [0.05, 0.1) is 6.54 Å². The Hall–Kier alpha value is -1.74. The van der Waals surface area contributed by atoms with E-state index in [0.717, 1.165) is 9.58 Å². The van der Waals surface area contributed by atoms with Gasteiger partial charge < -0.3 is 5.21 Å². The minimum atomic E-state index is -4.60. The molecule has 6 nitrogen and oxygen atoms in total. The van der Waals surface area contributed by atoms with Gasteiger partial charge in [0.2, 0.25) is 0 Å². The van der Waals surface area contributed by atoms with Crippen LogP contribution >= 0.6 is 0 Å². The SMILES string of the molecule is CN(O)Cc1cnc2nc(C(F)(F)F)nn2c1. The van der Waals surface area contributed by atoms with Crippen molar-refractivity contribution in [3.63, 3.8) is 0 Å². The van der Waals surface area contributed by atoms with Crippen molar-refractivity contribution in [3.05, 3.63) is 23.8 Å². The van der Waals surface area contributed by atoms with Crippen LogP contribution in [-0.2, 0) is 12.7 Å². The Kier molecular flexibility index (Phi) is 2.71. The topological polar surface area (TPSA) is 66.5 Å². The molecule has 0 aromatic carbocycles. The summed E-state index contributed by atoms with van der Waals surface area (Å²) in [5.74, 6) is -1.37. The summed E-state index contributed by atoms with van der Waals surface area (Å²) in [4.78, 5) is 6.96. The molecule has 0 aliphatic rings. The van der Waals surface area contributed by atoms with Crippen LogP contribution in [0.4, 0.5) is 13.2 Å². The number of alkyl halides is 3. The summed E-state index contributed by atoms with van der Waals surface area (Å²) in [7, 11) is 1.41. The highest BCUT2D eigenvalue weighted by molar-refractivity contribution is 5.28. The largest absolute Gasteiger partial charge is 0.453 e. The molecule has 0 spiro atoms. The molecule has 9 heteroatoms. The highest BCUT2D eigenvalue weighted by Gasteiger charge is 2.36. The molecular formula is C8H8F3N5O. The minimum Gasteiger partial charge on any atom is -0.314 e. The second-order valence-electron chi connectivity index (χ2n) is 3.46. The third-order valence-electron chi connectivity index (χ3n) is 1.91. The number of aromatic nitrogens is 4. The molecular weight excluding hydrogens is 239 g/mol. The molecule has 0 saturated heterocycles. The molecule has 0 amide bonds. The Morgan fingerprint density at radius 2 is 2.18 bits per heavy atom. The Labute approximate surface area is 93.3 Å². The van der Waals surface area contributed by atoms with E-state index in [0.29, 0.717) is 5.56 Å². The lowest BCUT2D eigenvalue weighted by atomic mass is 10.3. The summed E-state index contributed by atoms with van der Waals surface area (Å²) < 4.78 is 37.9. The van der Waals surface area contributed by atoms with E-state index in [1.54, 1.807) is 0 Å². The molecule has 0 fully saturated rings. The third-order valence-corrected chi connectivity index (χ3v) is 1.91. The highest BCUT2D eigenvalue weighted by Crippen LogP contribution is 2.26. The van der Waals surface area contributed by atoms with Crippen LogP contribution < -0.4 is 0 Å². The predicted molar refractivity (Wildman–Crippen MR) is 49.0 cm³/mol. The maximum Gasteiger partial charge on any atom is 0.453 e. The van der Waals surface area contributed by atoms with Gasteiger partial charge in [0, 0.05) is 25.0 Å². The first-order valence-corrected chi connectivity index (χ1v) is 4.55. The normalized spacial score (nSPS) is 12.6. The number of hydroxylamine groups is 2. The second-order valence-corrected chi connectivity index (χ2v) is 3.46. The van der Waals surface area contributed by atoms with Crippen LogP contribution in [0, 0.1) is 0 Å². The zero-order valence-electron chi connectivity index (χ0n) is 8.68. The van der Waals surface area contributed by atoms with Crippen molar-refractivity contribution in [1.29, 1.82) is 0 Å². The summed E-state index contributed by atoms with van der Waals surface area (Å²) in [5.41, 5.74) is 0.515. The average Bonchev–Trinajstić information content (AvgIpc) is 2.58. The fourth-order valence-electron chi connectivity index (χ4n) is 1.29. The van der Waals surface area contributed by atoms with E-state index < -0.39 is 12.0 Å². The number of hydrogen-bond acceptors (Lipinski definition) is 5. The molecule has 2 heterocycles. The lowest BCUT2D eigenvalue weighted by Crippen LogP contribution is -2.12. The van der Waals surface area contributed by atoms with E-state index in [-0.39, 0.29) is 12.3 Å². The van der Waals surface area contributed by atoms with E-state index in [2.05, 4.69) is 15.1 Å². The van der Waals surface area contributed by atoms with Crippen LogP contribution in [0.1, 0.15) is 11.4 Å². The first kappa shape index (κ1) is 11.7. The molecule has 0 aliphatic heterocycles. The highest BCUT2D eigenvalue weighted by atomic mass is 19.4. The number of hydrogen-bond donors (Lipinski definition) is 1. The number of halogens is 3. The fraction of sp³-hybridized carbons (Fsp3) is 0.375. The van der Waals surface area contributed by atoms with Crippen molar-refractivity contribution in [3.8, 4) is 0 Å². The van der Waals surface area contributed by atoms with Gasteiger partial charge in [-0.15, -0.1) is 5.10 Å². The molecule has 0 bridgehead atoms. The van der Waals surface area contributed by atoms with Gasteiger partial charge in [0.25, 0.3) is 11.6 Å². The fourth-order valence-corrected chi connectivity index (χ4v) is 1.29. The van der Waals surface area contributed by atoms with Gasteiger partial charge in [0.15, 0.2) is 0 Å². The Bertz CT molecular complexity index is 535. The third kappa shape index (κ3) is 2.50. The number of nitrogens with zero attached hydrogens (tertiary/aromatic N) is 5. The van der Waals surface area contributed by atoms with Crippen molar-refractivity contribution in [2.75, 3.05) is 7.05 Å². The first-order chi connectivity index (χ1) is 7.86. The van der Waals surface area contributed by atoms with Crippen LogP contribution in [0.3, 0.4) is 0 Å². The Morgan fingerprint density at radius 1 is 1.47 bits per heavy atom. The van der Waals surface area contributed by atoms with Crippen molar-refractivity contribution in [1.82, 2.24) is 24.6 Å². The molecule has 92 valence electrons. The second kappa shape index (κ2) is 3.93. The van der Waals surface area contributed by atoms with E-state index in [4.69, 9.17) is 5.21 Å². The molecule has 2 aromatic heterocycles. The van der Waals surface area contributed by atoms with Gasteiger partial charge in [-0.05, 0) is 0 Å². The summed E-state index contributed by atoms with van der Waals surface area (Å²) in [6.07, 6.45) is -1.93. The molecule has 0 atom stereocenters. The zero-order valence-corrected chi connectivity index (χ0v) is 8.68. The van der Waals surface area contributed by atoms with Gasteiger partial charge in [-0.3, -0.25) is 0 Å². The summed E-state index contributed by atoms with van der Waals surface area (Å²) >= 11 is 0. The summed E-state index contributed by atoms with van der Waals surface area (Å²) in [5, 5.41) is 13.1. The monoisotopic (exact) mass is 247 g/mol. The standard InChI is InChI=1S/C8H8F3N5O/c1-15(17)3-5-2-12-7-13-6(8(9,10)11)14-16(7)4-5/h2,4,17H,3H2,1H3. The van der Waals surface area contributed by atoms with Crippen LogP contribution in [0.5, 0.6) is 0 Å². The molecule has 2 aromatic rings. The van der Waals surface area contributed by atoms with Crippen LogP contribution in [0.25, 0.3) is 5.78 Å². The molecule has 1 N–H and O–H groups in total. The summed E-state index contributed by atoms with van der Waals surface area (Å²) in [6, 6.07) is 0. The minimum absolute atomic E-state index is 0.129. The number of fused-ring (bicyclic) bond motifs is 1. The average molecular weight is 247 g/mol. The lowest BCUT2D eigenvalue weighted by molar-refractivity contribution is -0.144. The molecule has 0 unspecified atom stereocenters. The van der Waals surface area contributed by atoms with Gasteiger partial charge in [-0.25, -0.2) is 9.50 Å². The van der Waals surface area contributed by atoms with Crippen LogP contribution in [0.15, 0.2) is 12.4 Å². The lowest BCUT2D eigenvalue weighted by Gasteiger charge is -2.06. The van der Waals surface area contributed by atoms with E-state index in [1.807, 2.05) is 0 Å². The van der Waals surface area contributed by atoms with Crippen molar-refractivity contribution >= 4 is 5.78 Å². The van der Waals surface area contributed by atoms with E-state index in [9.17, 15) is 13.2 Å². The molecule has 0 radical (unpaired) electrons. The van der Waals surface area contributed by atoms with Crippen LogP contribution in [-0.4, -0.2) is 36.9 Å². The smallest absolute Gasteiger partial charge is 0.314 e. The van der Waals surface area contributed by atoms with Gasteiger partial charge in [0.1, 0.15) is 0 Å². The van der Waals surface area contributed by atoms with E-state index >= 15 is 0 Å². The van der Waals surface area contributed by atoms with Gasteiger partial charge >= 0.3 is 6.18 Å². The number of rotatable bonds is 2. The quantitative estimate of drug-likeness (QED) is 0.801. The van der Waals surface area contributed by atoms with Gasteiger partial charge in [-0.1, -0.05) is 0 Å². The molecule has 0 saturated carbocycles. The van der Waals surface area contributed by atoms with Crippen molar-refractivity contribution in [2.24, 2.45) is 0 Å². The molecule has 2 rings (SSSR count). The van der Waals surface area contributed by atoms with Crippen molar-refractivity contribution < 1.29 is 18.4 Å². The van der Waals surface area contributed by atoms with Crippen molar-refractivity contribution in [2.45, 2.75) is 12.7 Å². The summed E-state index contributed by atoms with van der Waals surface area (Å²) in [6.45, 7) is 0.129. The Balaban J connectivity index is 2.41. The molecule has 0 aliphatic carbocycles. The zero-order chi connectivity index (χ0) is 12.6. The first-order valence-electron chi connectivity index (χ1n) is 4.55. The molecule has 17 heavy (non-hydrogen) atoms. The van der Waals surface area contributed by atoms with E-state index in [1.165, 1.54) is 19.4 Å². The van der Waals surface area contributed by atoms with Crippen LogP contribution in [0.2, 0.25) is 0 Å². The predicted octanol–water partition coefficient (Wildman–Crippen LogP) is 0.964.